The van der Waals surface area contributed by atoms with Gasteiger partial charge >= 0.3 is 5.97 Å². The van der Waals surface area contributed by atoms with Crippen molar-refractivity contribution in [2.24, 2.45) is 0 Å². The molecule has 1 aliphatic rings. The van der Waals surface area contributed by atoms with Crippen molar-refractivity contribution in [1.29, 1.82) is 0 Å². The number of β-amino-alcohol motifs (C(OH)–C–C–N with tert-alkyl or cyclic N) is 1. The number of nitrogens with one attached hydrogen (secondary N) is 1. The van der Waals surface area contributed by atoms with E-state index in [0.29, 0.717) is 19.5 Å². The molecule has 1 saturated heterocycles. The van der Waals surface area contributed by atoms with E-state index in [4.69, 9.17) is 0 Å². The molecule has 0 saturated carbocycles. The lowest BCUT2D eigenvalue weighted by molar-refractivity contribution is -0.147. The Labute approximate surface area is 101 Å². The van der Waals surface area contributed by atoms with Crippen molar-refractivity contribution in [1.82, 2.24) is 10.2 Å². The van der Waals surface area contributed by atoms with E-state index in [1.54, 1.807) is 0 Å². The van der Waals surface area contributed by atoms with E-state index >= 15 is 0 Å². The summed E-state index contributed by atoms with van der Waals surface area (Å²) in [7, 11) is 1.30. The van der Waals surface area contributed by atoms with E-state index in [-0.39, 0.29) is 18.5 Å². The van der Waals surface area contributed by atoms with Crippen molar-refractivity contribution in [3.8, 4) is 0 Å². The van der Waals surface area contributed by atoms with Gasteiger partial charge in [-0.25, -0.2) is 0 Å². The number of carbonyl (C=O) groups excluding carboxylic acids is 2. The van der Waals surface area contributed by atoms with Gasteiger partial charge in [-0.1, -0.05) is 6.92 Å². The summed E-state index contributed by atoms with van der Waals surface area (Å²) in [6.07, 6.45) is 0.698. The highest BCUT2D eigenvalue weighted by Crippen LogP contribution is 2.10. The molecule has 2 atom stereocenters. The van der Waals surface area contributed by atoms with E-state index in [0.717, 1.165) is 6.42 Å². The van der Waals surface area contributed by atoms with Crippen LogP contribution in [0.3, 0.4) is 0 Å². The molecular weight excluding hydrogens is 224 g/mol. The molecule has 0 radical (unpaired) electrons. The molecule has 0 aliphatic carbocycles. The first-order valence-electron chi connectivity index (χ1n) is 5.85. The number of nitrogens with zero attached hydrogens (tertiary/aromatic N) is 1. The molecule has 0 aromatic heterocycles. The standard InChI is InChI=1S/C11H20N2O4/c1-3-4-13(7-10(15)17-2)11(16)9-5-8(14)6-12-9/h8-9,12,14H,3-7H2,1-2H3. The molecule has 1 heterocycles. The van der Waals surface area contributed by atoms with Crippen LogP contribution in [0.15, 0.2) is 0 Å². The highest BCUT2D eigenvalue weighted by molar-refractivity contribution is 5.86. The fourth-order valence-corrected chi connectivity index (χ4v) is 1.88. The average molecular weight is 244 g/mol. The van der Waals surface area contributed by atoms with Gasteiger partial charge in [0, 0.05) is 13.1 Å². The van der Waals surface area contributed by atoms with Crippen molar-refractivity contribution >= 4 is 11.9 Å². The summed E-state index contributed by atoms with van der Waals surface area (Å²) in [5.41, 5.74) is 0. The van der Waals surface area contributed by atoms with Gasteiger partial charge in [-0.05, 0) is 12.8 Å². The van der Waals surface area contributed by atoms with Crippen molar-refractivity contribution in [3.05, 3.63) is 0 Å². The smallest absolute Gasteiger partial charge is 0.325 e. The van der Waals surface area contributed by atoms with E-state index in [9.17, 15) is 14.7 Å². The predicted octanol–water partition coefficient (Wildman–Crippen LogP) is -0.879. The summed E-state index contributed by atoms with van der Waals surface area (Å²) in [4.78, 5) is 24.7. The van der Waals surface area contributed by atoms with Gasteiger partial charge in [0.25, 0.3) is 0 Å². The molecule has 2 unspecified atom stereocenters. The molecule has 6 nitrogen and oxygen atoms in total. The van der Waals surface area contributed by atoms with Gasteiger partial charge in [0.1, 0.15) is 6.54 Å². The van der Waals surface area contributed by atoms with Gasteiger partial charge in [0.05, 0.1) is 19.3 Å². The summed E-state index contributed by atoms with van der Waals surface area (Å²) in [6, 6.07) is -0.388. The Bertz CT molecular complexity index is 283. The fraction of sp³-hybridized carbons (Fsp3) is 0.818. The second-order valence-corrected chi connectivity index (χ2v) is 4.19. The number of aliphatic hydroxyl groups is 1. The molecule has 1 aliphatic heterocycles. The van der Waals surface area contributed by atoms with Gasteiger partial charge < -0.3 is 20.1 Å². The summed E-state index contributed by atoms with van der Waals surface area (Å²) in [5, 5.41) is 12.3. The van der Waals surface area contributed by atoms with Gasteiger partial charge in [0.15, 0.2) is 0 Å². The number of ether oxygens (including phenoxy) is 1. The largest absolute Gasteiger partial charge is 0.468 e. The Morgan fingerprint density at radius 1 is 1.53 bits per heavy atom. The molecule has 0 spiro atoms. The third-order valence-corrected chi connectivity index (χ3v) is 2.76. The molecule has 0 bridgehead atoms. The highest BCUT2D eigenvalue weighted by atomic mass is 16.5. The van der Waals surface area contributed by atoms with Crippen LogP contribution in [0.4, 0.5) is 0 Å². The van der Waals surface area contributed by atoms with Crippen LogP contribution >= 0.6 is 0 Å². The van der Waals surface area contributed by atoms with Crippen LogP contribution in [0.5, 0.6) is 0 Å². The topological polar surface area (TPSA) is 78.9 Å². The van der Waals surface area contributed by atoms with E-state index in [2.05, 4.69) is 10.1 Å². The van der Waals surface area contributed by atoms with Gasteiger partial charge in [-0.3, -0.25) is 9.59 Å². The second kappa shape index (κ2) is 6.56. The van der Waals surface area contributed by atoms with E-state index in [1.807, 2.05) is 6.92 Å². The SMILES string of the molecule is CCCN(CC(=O)OC)C(=O)C1CC(O)CN1. The first-order valence-corrected chi connectivity index (χ1v) is 5.85. The third-order valence-electron chi connectivity index (χ3n) is 2.76. The molecule has 0 aromatic carbocycles. The Morgan fingerprint density at radius 2 is 2.24 bits per heavy atom. The van der Waals surface area contributed by atoms with Gasteiger partial charge in [-0.15, -0.1) is 0 Å². The second-order valence-electron chi connectivity index (χ2n) is 4.19. The minimum atomic E-state index is -0.481. The molecule has 1 amide bonds. The van der Waals surface area contributed by atoms with Crippen molar-refractivity contribution < 1.29 is 19.4 Å². The minimum absolute atomic E-state index is 0.0303. The zero-order valence-electron chi connectivity index (χ0n) is 10.3. The summed E-state index contributed by atoms with van der Waals surface area (Å²) >= 11 is 0. The number of methoxy groups -OCH3 is 1. The average Bonchev–Trinajstić information content (AvgIpc) is 2.74. The number of amides is 1. The molecule has 1 fully saturated rings. The molecule has 6 heteroatoms. The molecule has 2 N–H and O–H groups in total. The van der Waals surface area contributed by atoms with Crippen molar-refractivity contribution in [3.63, 3.8) is 0 Å². The van der Waals surface area contributed by atoms with E-state index < -0.39 is 12.1 Å². The molecule has 0 aromatic rings. The maximum absolute atomic E-state index is 12.1. The third kappa shape index (κ3) is 3.98. The summed E-state index contributed by atoms with van der Waals surface area (Å²) in [6.45, 7) is 2.85. The lowest BCUT2D eigenvalue weighted by Crippen LogP contribution is -2.46. The monoisotopic (exact) mass is 244 g/mol. The van der Waals surface area contributed by atoms with Crippen LogP contribution < -0.4 is 5.32 Å². The van der Waals surface area contributed by atoms with Crippen LogP contribution in [0, 0.1) is 0 Å². The Balaban J connectivity index is 2.56. The van der Waals surface area contributed by atoms with Crippen molar-refractivity contribution in [2.75, 3.05) is 26.7 Å². The maximum atomic E-state index is 12.1. The zero-order chi connectivity index (χ0) is 12.8. The van der Waals surface area contributed by atoms with Crippen LogP contribution in [0.1, 0.15) is 19.8 Å². The predicted molar refractivity (Wildman–Crippen MR) is 61.3 cm³/mol. The Hall–Kier alpha value is -1.14. The molecular formula is C11H20N2O4. The first-order chi connectivity index (χ1) is 8.08. The number of hydrogen-bond acceptors (Lipinski definition) is 5. The van der Waals surface area contributed by atoms with Crippen LogP contribution in [-0.2, 0) is 14.3 Å². The molecule has 98 valence electrons. The minimum Gasteiger partial charge on any atom is -0.468 e. The number of rotatable bonds is 5. The van der Waals surface area contributed by atoms with Crippen LogP contribution in [-0.4, -0.2) is 60.8 Å². The lowest BCUT2D eigenvalue weighted by atomic mass is 10.1. The van der Waals surface area contributed by atoms with Crippen LogP contribution in [0.2, 0.25) is 0 Å². The lowest BCUT2D eigenvalue weighted by Gasteiger charge is -2.24. The Kier molecular flexibility index (Phi) is 5.37. The van der Waals surface area contributed by atoms with Crippen LogP contribution in [0.25, 0.3) is 0 Å². The Morgan fingerprint density at radius 3 is 2.71 bits per heavy atom. The molecule has 17 heavy (non-hydrogen) atoms. The van der Waals surface area contributed by atoms with Crippen molar-refractivity contribution in [2.45, 2.75) is 31.9 Å². The number of hydrogen-bond donors (Lipinski definition) is 2. The van der Waals surface area contributed by atoms with Gasteiger partial charge in [0.2, 0.25) is 5.91 Å². The molecule has 1 rings (SSSR count). The number of carbonyl (C=O) groups is 2. The van der Waals surface area contributed by atoms with Gasteiger partial charge in [-0.2, -0.15) is 0 Å². The zero-order valence-corrected chi connectivity index (χ0v) is 10.3. The number of aliphatic hydroxyl groups excluding tert-OH is 1. The normalized spacial score (nSPS) is 23.5. The van der Waals surface area contributed by atoms with E-state index in [1.165, 1.54) is 12.0 Å². The summed E-state index contributed by atoms with van der Waals surface area (Å²) < 4.78 is 4.56. The first kappa shape index (κ1) is 13.9. The quantitative estimate of drug-likeness (QED) is 0.614. The number of esters is 1. The fourth-order valence-electron chi connectivity index (χ4n) is 1.88. The summed E-state index contributed by atoms with van der Waals surface area (Å²) in [5.74, 6) is -0.570. The maximum Gasteiger partial charge on any atom is 0.325 e. The highest BCUT2D eigenvalue weighted by Gasteiger charge is 2.31.